The highest BCUT2D eigenvalue weighted by Crippen LogP contribution is 2.34. The van der Waals surface area contributed by atoms with Gasteiger partial charge in [0.25, 0.3) is 5.91 Å². The summed E-state index contributed by atoms with van der Waals surface area (Å²) < 4.78 is 22.5. The second-order valence-corrected chi connectivity index (χ2v) is 6.89. The fourth-order valence-electron chi connectivity index (χ4n) is 3.37. The van der Waals surface area contributed by atoms with Gasteiger partial charge >= 0.3 is 0 Å². The summed E-state index contributed by atoms with van der Waals surface area (Å²) in [5, 5.41) is 2.93. The molecule has 0 atom stereocenters. The van der Waals surface area contributed by atoms with E-state index in [1.807, 2.05) is 31.2 Å². The topological polar surface area (TPSA) is 66.0 Å². The van der Waals surface area contributed by atoms with Crippen LogP contribution in [0.15, 0.2) is 42.5 Å². The number of methoxy groups -OCH3 is 1. The van der Waals surface area contributed by atoms with Crippen molar-refractivity contribution in [2.45, 2.75) is 38.7 Å². The molecule has 1 aliphatic carbocycles. The van der Waals surface area contributed by atoms with E-state index in [0.29, 0.717) is 48.3 Å². The minimum absolute atomic E-state index is 0.203. The quantitative estimate of drug-likeness (QED) is 0.588. The Morgan fingerprint density at radius 2 is 1.83 bits per heavy atom. The van der Waals surface area contributed by atoms with Gasteiger partial charge in [-0.2, -0.15) is 0 Å². The van der Waals surface area contributed by atoms with Crippen LogP contribution in [0.2, 0.25) is 0 Å². The Hall–Kier alpha value is -2.73. The number of ether oxygens (including phenoxy) is 4. The zero-order chi connectivity index (χ0) is 20.5. The van der Waals surface area contributed by atoms with Crippen LogP contribution in [0.1, 0.15) is 43.0 Å². The highest BCUT2D eigenvalue weighted by atomic mass is 16.5. The highest BCUT2D eigenvalue weighted by molar-refractivity contribution is 6.06. The van der Waals surface area contributed by atoms with Gasteiger partial charge in [0.05, 0.1) is 25.4 Å². The number of nitrogens with one attached hydrogen (secondary N) is 1. The zero-order valence-corrected chi connectivity index (χ0v) is 17.1. The Morgan fingerprint density at radius 1 is 1.03 bits per heavy atom. The minimum atomic E-state index is -0.242. The Morgan fingerprint density at radius 3 is 2.59 bits per heavy atom. The molecule has 3 rings (SSSR count). The third kappa shape index (κ3) is 5.87. The molecule has 1 fully saturated rings. The second-order valence-electron chi connectivity index (χ2n) is 6.89. The highest BCUT2D eigenvalue weighted by Gasteiger charge is 2.19. The van der Waals surface area contributed by atoms with Crippen molar-refractivity contribution in [3.05, 3.63) is 48.0 Å². The van der Waals surface area contributed by atoms with Gasteiger partial charge in [-0.15, -0.1) is 0 Å². The van der Waals surface area contributed by atoms with Gasteiger partial charge in [0.2, 0.25) is 0 Å². The Balaban J connectivity index is 1.70. The van der Waals surface area contributed by atoms with Crippen LogP contribution >= 0.6 is 0 Å². The standard InChI is InChI=1S/C23H29NO5/c1-3-27-14-15-28-20-11-7-6-10-19(20)23(25)24-17-12-13-21(26-2)22(16-17)29-18-8-4-5-9-18/h6-7,10-13,16,18H,3-5,8-9,14-15H2,1-2H3,(H,24,25). The molecule has 1 aliphatic rings. The molecule has 0 spiro atoms. The molecule has 0 heterocycles. The average Bonchev–Trinajstić information content (AvgIpc) is 3.25. The first-order valence-corrected chi connectivity index (χ1v) is 10.2. The van der Waals surface area contributed by atoms with Crippen LogP contribution in [-0.2, 0) is 4.74 Å². The summed E-state index contributed by atoms with van der Waals surface area (Å²) in [5.74, 6) is 1.60. The number of hydrogen-bond donors (Lipinski definition) is 1. The van der Waals surface area contributed by atoms with Crippen molar-refractivity contribution in [3.63, 3.8) is 0 Å². The van der Waals surface area contributed by atoms with Crippen LogP contribution in [0.5, 0.6) is 17.2 Å². The van der Waals surface area contributed by atoms with Crippen LogP contribution in [0, 0.1) is 0 Å². The molecule has 6 nitrogen and oxygen atoms in total. The van der Waals surface area contributed by atoms with Crippen LogP contribution in [0.25, 0.3) is 0 Å². The van der Waals surface area contributed by atoms with E-state index >= 15 is 0 Å². The maximum Gasteiger partial charge on any atom is 0.259 e. The lowest BCUT2D eigenvalue weighted by molar-refractivity contribution is 0.0998. The van der Waals surface area contributed by atoms with Crippen LogP contribution in [-0.4, -0.2) is 38.9 Å². The van der Waals surface area contributed by atoms with Gasteiger partial charge in [-0.3, -0.25) is 4.79 Å². The number of para-hydroxylation sites is 1. The first-order chi connectivity index (χ1) is 14.2. The number of anilines is 1. The molecule has 1 N–H and O–H groups in total. The molecule has 0 aromatic heterocycles. The van der Waals surface area contributed by atoms with Crippen molar-refractivity contribution >= 4 is 11.6 Å². The van der Waals surface area contributed by atoms with Gasteiger partial charge in [0.1, 0.15) is 12.4 Å². The third-order valence-corrected chi connectivity index (χ3v) is 4.84. The van der Waals surface area contributed by atoms with E-state index in [9.17, 15) is 4.79 Å². The Bertz CT molecular complexity index is 802. The number of carbonyl (C=O) groups excluding carboxylic acids is 1. The number of rotatable bonds is 10. The Labute approximate surface area is 172 Å². The lowest BCUT2D eigenvalue weighted by Crippen LogP contribution is -2.16. The number of amides is 1. The van der Waals surface area contributed by atoms with Crippen molar-refractivity contribution in [2.75, 3.05) is 32.2 Å². The maximum absolute atomic E-state index is 12.8. The molecule has 6 heteroatoms. The normalized spacial score (nSPS) is 13.9. The largest absolute Gasteiger partial charge is 0.493 e. The van der Waals surface area contributed by atoms with Crippen LogP contribution in [0.3, 0.4) is 0 Å². The predicted molar refractivity (Wildman–Crippen MR) is 112 cm³/mol. The molecular formula is C23H29NO5. The van der Waals surface area contributed by atoms with Gasteiger partial charge in [-0.1, -0.05) is 12.1 Å². The molecule has 0 aliphatic heterocycles. The summed E-state index contributed by atoms with van der Waals surface area (Å²) in [4.78, 5) is 12.8. The molecule has 1 saturated carbocycles. The van der Waals surface area contributed by atoms with Gasteiger partial charge in [-0.05, 0) is 56.9 Å². The monoisotopic (exact) mass is 399 g/mol. The molecule has 29 heavy (non-hydrogen) atoms. The zero-order valence-electron chi connectivity index (χ0n) is 17.1. The molecule has 0 unspecified atom stereocenters. The molecule has 2 aromatic carbocycles. The predicted octanol–water partition coefficient (Wildman–Crippen LogP) is 4.68. The van der Waals surface area contributed by atoms with E-state index in [4.69, 9.17) is 18.9 Å². The summed E-state index contributed by atoms with van der Waals surface area (Å²) in [6.07, 6.45) is 4.67. The van der Waals surface area contributed by atoms with Crippen molar-refractivity contribution in [1.29, 1.82) is 0 Å². The Kier molecular flexibility index (Phi) is 7.76. The lowest BCUT2D eigenvalue weighted by atomic mass is 10.1. The second kappa shape index (κ2) is 10.7. The van der Waals surface area contributed by atoms with Crippen molar-refractivity contribution in [3.8, 4) is 17.2 Å². The van der Waals surface area contributed by atoms with E-state index in [2.05, 4.69) is 5.32 Å². The minimum Gasteiger partial charge on any atom is -0.493 e. The third-order valence-electron chi connectivity index (χ3n) is 4.84. The number of carbonyl (C=O) groups is 1. The molecule has 0 bridgehead atoms. The van der Waals surface area contributed by atoms with Crippen molar-refractivity contribution in [2.24, 2.45) is 0 Å². The van der Waals surface area contributed by atoms with Crippen molar-refractivity contribution < 1.29 is 23.7 Å². The SMILES string of the molecule is CCOCCOc1ccccc1C(=O)Nc1ccc(OC)c(OC2CCCC2)c1. The molecule has 2 aromatic rings. The maximum atomic E-state index is 12.8. The molecule has 1 amide bonds. The summed E-state index contributed by atoms with van der Waals surface area (Å²) in [6.45, 7) is 3.43. The van der Waals surface area contributed by atoms with Gasteiger partial charge < -0.3 is 24.3 Å². The fraction of sp³-hybridized carbons (Fsp3) is 0.435. The van der Waals surface area contributed by atoms with E-state index in [-0.39, 0.29) is 12.0 Å². The van der Waals surface area contributed by atoms with Gasteiger partial charge in [0.15, 0.2) is 11.5 Å². The first-order valence-electron chi connectivity index (χ1n) is 10.2. The van der Waals surface area contributed by atoms with E-state index < -0.39 is 0 Å². The number of benzene rings is 2. The van der Waals surface area contributed by atoms with E-state index in [1.54, 1.807) is 25.3 Å². The summed E-state index contributed by atoms with van der Waals surface area (Å²) in [6, 6.07) is 12.6. The molecule has 0 radical (unpaired) electrons. The van der Waals surface area contributed by atoms with Crippen molar-refractivity contribution in [1.82, 2.24) is 0 Å². The molecule has 0 saturated heterocycles. The first kappa shape index (κ1) is 21.0. The molecule has 156 valence electrons. The van der Waals surface area contributed by atoms with Gasteiger partial charge in [0, 0.05) is 18.4 Å². The fourth-order valence-corrected chi connectivity index (χ4v) is 3.37. The summed E-state index contributed by atoms with van der Waals surface area (Å²) in [7, 11) is 1.62. The summed E-state index contributed by atoms with van der Waals surface area (Å²) >= 11 is 0. The van der Waals surface area contributed by atoms with Gasteiger partial charge in [-0.25, -0.2) is 0 Å². The van der Waals surface area contributed by atoms with Crippen LogP contribution in [0.4, 0.5) is 5.69 Å². The smallest absolute Gasteiger partial charge is 0.259 e. The van der Waals surface area contributed by atoms with E-state index in [0.717, 1.165) is 12.8 Å². The van der Waals surface area contributed by atoms with E-state index in [1.165, 1.54) is 12.8 Å². The lowest BCUT2D eigenvalue weighted by Gasteiger charge is -2.17. The number of hydrogen-bond acceptors (Lipinski definition) is 5. The molecular weight excluding hydrogens is 370 g/mol. The average molecular weight is 399 g/mol. The summed E-state index contributed by atoms with van der Waals surface area (Å²) in [5.41, 5.74) is 1.12. The van der Waals surface area contributed by atoms with Crippen LogP contribution < -0.4 is 19.5 Å².